The molecule has 2 atom stereocenters. The van der Waals surface area contributed by atoms with Crippen LogP contribution < -0.4 is 0 Å². The Morgan fingerprint density at radius 2 is 1.57 bits per heavy atom. The van der Waals surface area contributed by atoms with Gasteiger partial charge in [-0.25, -0.2) is 0 Å². The van der Waals surface area contributed by atoms with Gasteiger partial charge in [0.1, 0.15) is 0 Å². The van der Waals surface area contributed by atoms with Crippen LogP contribution in [-0.4, -0.2) is 24.0 Å². The molecule has 0 heterocycles. The van der Waals surface area contributed by atoms with Crippen LogP contribution in [0.5, 0.6) is 0 Å². The van der Waals surface area contributed by atoms with E-state index in [9.17, 15) is 0 Å². The minimum Gasteiger partial charge on any atom is -0.301 e. The van der Waals surface area contributed by atoms with Crippen LogP contribution in [0, 0.1) is 0 Å². The number of fused-ring (bicyclic) bond motifs is 1. The van der Waals surface area contributed by atoms with Crippen molar-refractivity contribution in [3.63, 3.8) is 0 Å². The van der Waals surface area contributed by atoms with Crippen LogP contribution in [0.1, 0.15) is 42.9 Å². The monoisotopic (exact) mass is 279 g/mol. The van der Waals surface area contributed by atoms with Crippen molar-refractivity contribution >= 4 is 0 Å². The molecule has 0 fully saturated rings. The Balaban J connectivity index is 1.98. The Hall–Kier alpha value is -1.60. The molecule has 0 unspecified atom stereocenters. The molecule has 1 aliphatic rings. The van der Waals surface area contributed by atoms with Gasteiger partial charge in [0.2, 0.25) is 0 Å². The van der Waals surface area contributed by atoms with Gasteiger partial charge in [-0.05, 0) is 42.6 Å². The van der Waals surface area contributed by atoms with E-state index in [0.29, 0.717) is 12.0 Å². The molecule has 0 N–H and O–H groups in total. The molecule has 21 heavy (non-hydrogen) atoms. The molecule has 0 bridgehead atoms. The van der Waals surface area contributed by atoms with Crippen molar-refractivity contribution in [3.05, 3.63) is 71.3 Å². The fourth-order valence-electron chi connectivity index (χ4n) is 3.82. The first kappa shape index (κ1) is 14.3. The number of hydrogen-bond donors (Lipinski definition) is 0. The van der Waals surface area contributed by atoms with Gasteiger partial charge >= 0.3 is 0 Å². The fraction of sp³-hybridized carbons (Fsp3) is 0.400. The standard InChI is InChI=1S/C20H25N/c1-3-21(4-2)18-14-17-12-8-9-13-19(17)20(15-18)16-10-6-5-7-11-16/h5-13,18,20H,3-4,14-15H2,1-2H3/t18-,20-/m0/s1. The maximum atomic E-state index is 2.62. The number of rotatable bonds is 4. The second-order valence-electron chi connectivity index (χ2n) is 5.98. The van der Waals surface area contributed by atoms with Gasteiger partial charge in [0.25, 0.3) is 0 Å². The maximum Gasteiger partial charge on any atom is 0.0145 e. The molecule has 0 amide bonds. The van der Waals surface area contributed by atoms with Crippen molar-refractivity contribution in [2.75, 3.05) is 13.1 Å². The van der Waals surface area contributed by atoms with E-state index in [4.69, 9.17) is 0 Å². The van der Waals surface area contributed by atoms with E-state index >= 15 is 0 Å². The molecule has 0 aliphatic heterocycles. The Morgan fingerprint density at radius 3 is 2.29 bits per heavy atom. The highest BCUT2D eigenvalue weighted by Crippen LogP contribution is 2.38. The summed E-state index contributed by atoms with van der Waals surface area (Å²) in [6.45, 7) is 6.85. The van der Waals surface area contributed by atoms with Crippen LogP contribution in [0.2, 0.25) is 0 Å². The zero-order chi connectivity index (χ0) is 14.7. The summed E-state index contributed by atoms with van der Waals surface area (Å²) in [5, 5.41) is 0. The highest BCUT2D eigenvalue weighted by molar-refractivity contribution is 5.40. The number of likely N-dealkylation sites (N-methyl/N-ethyl adjacent to an activating group) is 1. The lowest BCUT2D eigenvalue weighted by Gasteiger charge is -2.38. The zero-order valence-corrected chi connectivity index (χ0v) is 13.1. The molecule has 0 aromatic heterocycles. The van der Waals surface area contributed by atoms with Crippen LogP contribution in [-0.2, 0) is 6.42 Å². The van der Waals surface area contributed by atoms with Crippen molar-refractivity contribution in [2.45, 2.75) is 38.6 Å². The summed E-state index contributed by atoms with van der Waals surface area (Å²) in [5.74, 6) is 0.543. The van der Waals surface area contributed by atoms with E-state index in [-0.39, 0.29) is 0 Å². The molecule has 0 radical (unpaired) electrons. The molecule has 1 heteroatoms. The average molecular weight is 279 g/mol. The lowest BCUT2D eigenvalue weighted by atomic mass is 9.76. The van der Waals surface area contributed by atoms with Crippen molar-refractivity contribution in [3.8, 4) is 0 Å². The van der Waals surface area contributed by atoms with Gasteiger partial charge in [0.15, 0.2) is 0 Å². The minimum absolute atomic E-state index is 0.543. The van der Waals surface area contributed by atoms with Crippen molar-refractivity contribution in [1.82, 2.24) is 4.90 Å². The minimum atomic E-state index is 0.543. The van der Waals surface area contributed by atoms with Gasteiger partial charge in [0, 0.05) is 12.0 Å². The van der Waals surface area contributed by atoms with E-state index in [1.165, 1.54) is 29.5 Å². The van der Waals surface area contributed by atoms with E-state index < -0.39 is 0 Å². The van der Waals surface area contributed by atoms with Crippen LogP contribution in [0.4, 0.5) is 0 Å². The number of hydrogen-bond acceptors (Lipinski definition) is 1. The molecule has 110 valence electrons. The summed E-state index contributed by atoms with van der Waals surface area (Å²) < 4.78 is 0. The first-order chi connectivity index (χ1) is 10.3. The third kappa shape index (κ3) is 2.89. The molecule has 0 saturated heterocycles. The predicted molar refractivity (Wildman–Crippen MR) is 89.8 cm³/mol. The van der Waals surface area contributed by atoms with E-state index in [0.717, 1.165) is 13.1 Å². The largest absolute Gasteiger partial charge is 0.301 e. The topological polar surface area (TPSA) is 3.24 Å². The van der Waals surface area contributed by atoms with Crippen LogP contribution >= 0.6 is 0 Å². The van der Waals surface area contributed by atoms with Crippen LogP contribution in [0.3, 0.4) is 0 Å². The fourth-order valence-corrected chi connectivity index (χ4v) is 3.82. The summed E-state index contributed by atoms with van der Waals surface area (Å²) in [5.41, 5.74) is 4.53. The van der Waals surface area contributed by atoms with Gasteiger partial charge in [0.05, 0.1) is 0 Å². The predicted octanol–water partition coefficient (Wildman–Crippen LogP) is 4.48. The summed E-state index contributed by atoms with van der Waals surface area (Å²) >= 11 is 0. The van der Waals surface area contributed by atoms with Crippen molar-refractivity contribution < 1.29 is 0 Å². The molecule has 1 nitrogen and oxygen atoms in total. The molecule has 3 rings (SSSR count). The van der Waals surface area contributed by atoms with Crippen molar-refractivity contribution in [1.29, 1.82) is 0 Å². The second kappa shape index (κ2) is 6.44. The summed E-state index contributed by atoms with van der Waals surface area (Å²) in [6, 6.07) is 20.7. The molecule has 2 aromatic rings. The van der Waals surface area contributed by atoms with Gasteiger partial charge in [-0.1, -0.05) is 68.4 Å². The van der Waals surface area contributed by atoms with E-state index in [1.807, 2.05) is 0 Å². The van der Waals surface area contributed by atoms with Crippen LogP contribution in [0.15, 0.2) is 54.6 Å². The van der Waals surface area contributed by atoms with Gasteiger partial charge in [-0.15, -0.1) is 0 Å². The first-order valence-corrected chi connectivity index (χ1v) is 8.20. The number of benzene rings is 2. The normalized spacial score (nSPS) is 21.3. The van der Waals surface area contributed by atoms with Gasteiger partial charge < -0.3 is 4.90 Å². The van der Waals surface area contributed by atoms with Crippen LogP contribution in [0.25, 0.3) is 0 Å². The summed E-state index contributed by atoms with van der Waals surface area (Å²) in [4.78, 5) is 2.62. The Morgan fingerprint density at radius 1 is 0.905 bits per heavy atom. The highest BCUT2D eigenvalue weighted by Gasteiger charge is 2.30. The lowest BCUT2D eigenvalue weighted by molar-refractivity contribution is 0.192. The first-order valence-electron chi connectivity index (χ1n) is 8.20. The molecule has 0 spiro atoms. The quantitative estimate of drug-likeness (QED) is 0.798. The van der Waals surface area contributed by atoms with E-state index in [1.54, 1.807) is 0 Å². The Labute approximate surface area is 128 Å². The zero-order valence-electron chi connectivity index (χ0n) is 13.1. The van der Waals surface area contributed by atoms with Crippen molar-refractivity contribution in [2.24, 2.45) is 0 Å². The third-order valence-corrected chi connectivity index (χ3v) is 4.92. The summed E-state index contributed by atoms with van der Waals surface area (Å²) in [7, 11) is 0. The molecular weight excluding hydrogens is 254 g/mol. The molecule has 1 aliphatic carbocycles. The summed E-state index contributed by atoms with van der Waals surface area (Å²) in [6.07, 6.45) is 2.43. The third-order valence-electron chi connectivity index (χ3n) is 4.92. The second-order valence-corrected chi connectivity index (χ2v) is 5.98. The molecule has 0 saturated carbocycles. The smallest absolute Gasteiger partial charge is 0.0145 e. The molecular formula is C20H25N. The Bertz CT molecular complexity index is 571. The SMILES string of the molecule is CCN(CC)[C@H]1Cc2ccccc2[C@H](c2ccccc2)C1. The number of nitrogens with zero attached hydrogens (tertiary/aromatic N) is 1. The average Bonchev–Trinajstić information content (AvgIpc) is 2.56. The van der Waals surface area contributed by atoms with E-state index in [2.05, 4.69) is 73.3 Å². The maximum absolute atomic E-state index is 2.62. The Kier molecular flexibility index (Phi) is 4.40. The highest BCUT2D eigenvalue weighted by atomic mass is 15.1. The lowest BCUT2D eigenvalue weighted by Crippen LogP contribution is -2.40. The van der Waals surface area contributed by atoms with Gasteiger partial charge in [-0.3, -0.25) is 0 Å². The van der Waals surface area contributed by atoms with Gasteiger partial charge in [-0.2, -0.15) is 0 Å². The molecule has 2 aromatic carbocycles.